The van der Waals surface area contributed by atoms with Gasteiger partial charge in [0.25, 0.3) is 11.7 Å². The molecule has 1 unspecified atom stereocenters. The van der Waals surface area contributed by atoms with Crippen LogP contribution < -0.4 is 4.90 Å². The van der Waals surface area contributed by atoms with E-state index in [4.69, 9.17) is 0 Å². The van der Waals surface area contributed by atoms with Crippen LogP contribution in [0.3, 0.4) is 0 Å². The number of nitrogens with zero attached hydrogens (tertiary/aromatic N) is 1. The average Bonchev–Trinajstić information content (AvgIpc) is 3.06. The number of aliphatic hydroxyl groups is 1. The SMILES string of the molecule is Cc1cc(/C(O)=C2/C(=O)C(=O)N(c3ccc(C(F)(F)F)cc3)C2c2ccc(F)cc2)ccc1F. The quantitative estimate of drug-likeness (QED) is 0.222. The van der Waals surface area contributed by atoms with E-state index in [9.17, 15) is 36.6 Å². The van der Waals surface area contributed by atoms with Gasteiger partial charge in [-0.05, 0) is 72.6 Å². The van der Waals surface area contributed by atoms with Gasteiger partial charge in [0, 0.05) is 11.3 Å². The lowest BCUT2D eigenvalue weighted by atomic mass is 9.94. The van der Waals surface area contributed by atoms with Gasteiger partial charge in [-0.3, -0.25) is 14.5 Å². The molecule has 174 valence electrons. The normalized spacial score (nSPS) is 17.9. The molecule has 1 amide bonds. The molecule has 9 heteroatoms. The largest absolute Gasteiger partial charge is 0.507 e. The maximum atomic E-state index is 13.7. The van der Waals surface area contributed by atoms with Gasteiger partial charge < -0.3 is 5.11 Å². The predicted octanol–water partition coefficient (Wildman–Crippen LogP) is 5.92. The fraction of sp³-hybridized carbons (Fsp3) is 0.120. The van der Waals surface area contributed by atoms with Crippen LogP contribution in [-0.4, -0.2) is 16.8 Å². The zero-order chi connectivity index (χ0) is 24.8. The maximum absolute atomic E-state index is 13.7. The highest BCUT2D eigenvalue weighted by atomic mass is 19.4. The zero-order valence-corrected chi connectivity index (χ0v) is 17.5. The van der Waals surface area contributed by atoms with E-state index in [1.54, 1.807) is 0 Å². The number of benzene rings is 3. The van der Waals surface area contributed by atoms with Crippen molar-refractivity contribution in [2.45, 2.75) is 19.1 Å². The highest BCUT2D eigenvalue weighted by Crippen LogP contribution is 2.43. The van der Waals surface area contributed by atoms with Crippen LogP contribution in [0, 0.1) is 18.6 Å². The molecule has 3 aromatic carbocycles. The van der Waals surface area contributed by atoms with E-state index < -0.39 is 46.9 Å². The summed E-state index contributed by atoms with van der Waals surface area (Å²) in [6, 6.07) is 10.7. The van der Waals surface area contributed by atoms with Gasteiger partial charge >= 0.3 is 6.18 Å². The molecule has 0 spiro atoms. The number of carbonyl (C=O) groups is 2. The minimum absolute atomic E-state index is 0.0289. The number of hydrogen-bond acceptors (Lipinski definition) is 3. The van der Waals surface area contributed by atoms with Gasteiger partial charge in [0.1, 0.15) is 17.4 Å². The molecule has 0 bridgehead atoms. The smallest absolute Gasteiger partial charge is 0.416 e. The summed E-state index contributed by atoms with van der Waals surface area (Å²) in [6.45, 7) is 1.45. The fourth-order valence-electron chi connectivity index (χ4n) is 3.82. The van der Waals surface area contributed by atoms with Crippen LogP contribution in [0.1, 0.15) is 28.3 Å². The molecule has 4 nitrogen and oxygen atoms in total. The van der Waals surface area contributed by atoms with E-state index in [1.807, 2.05) is 0 Å². The van der Waals surface area contributed by atoms with E-state index in [2.05, 4.69) is 0 Å². The Labute approximate surface area is 190 Å². The van der Waals surface area contributed by atoms with Gasteiger partial charge in [0.05, 0.1) is 17.2 Å². The Morgan fingerprint density at radius 3 is 2.09 bits per heavy atom. The number of aryl methyl sites for hydroxylation is 1. The van der Waals surface area contributed by atoms with Gasteiger partial charge in [-0.15, -0.1) is 0 Å². The molecule has 1 aliphatic heterocycles. The van der Waals surface area contributed by atoms with Crippen molar-refractivity contribution < 1.29 is 36.6 Å². The van der Waals surface area contributed by atoms with E-state index in [1.165, 1.54) is 31.2 Å². The number of aliphatic hydroxyl groups excluding tert-OH is 1. The topological polar surface area (TPSA) is 57.6 Å². The molecule has 3 aromatic rings. The number of carbonyl (C=O) groups excluding carboxylic acids is 2. The molecule has 0 saturated carbocycles. The molecule has 34 heavy (non-hydrogen) atoms. The van der Waals surface area contributed by atoms with Gasteiger partial charge in [0.2, 0.25) is 0 Å². The Hall–Kier alpha value is -4.01. The first-order valence-electron chi connectivity index (χ1n) is 9.99. The van der Waals surface area contributed by atoms with Crippen molar-refractivity contribution in [2.75, 3.05) is 4.90 Å². The molecule has 0 aromatic heterocycles. The molecule has 1 fully saturated rings. The van der Waals surface area contributed by atoms with Crippen molar-refractivity contribution in [3.63, 3.8) is 0 Å². The van der Waals surface area contributed by atoms with Crippen molar-refractivity contribution in [1.82, 2.24) is 0 Å². The lowest BCUT2D eigenvalue weighted by Gasteiger charge is -2.25. The summed E-state index contributed by atoms with van der Waals surface area (Å²) in [4.78, 5) is 26.9. The van der Waals surface area contributed by atoms with Crippen molar-refractivity contribution in [3.8, 4) is 0 Å². The highest BCUT2D eigenvalue weighted by molar-refractivity contribution is 6.51. The number of alkyl halides is 3. The molecule has 0 radical (unpaired) electrons. The third-order valence-corrected chi connectivity index (χ3v) is 5.53. The lowest BCUT2D eigenvalue weighted by Crippen LogP contribution is -2.29. The van der Waals surface area contributed by atoms with Crippen LogP contribution in [0.5, 0.6) is 0 Å². The van der Waals surface area contributed by atoms with E-state index in [-0.39, 0.29) is 28.0 Å². The fourth-order valence-corrected chi connectivity index (χ4v) is 3.82. The number of Topliss-reactive ketones (excluding diaryl/α,β-unsaturated/α-hetero) is 1. The molecule has 4 rings (SSSR count). The Bertz CT molecular complexity index is 1310. The van der Waals surface area contributed by atoms with Gasteiger partial charge in [-0.25, -0.2) is 8.78 Å². The minimum Gasteiger partial charge on any atom is -0.507 e. The predicted molar refractivity (Wildman–Crippen MR) is 114 cm³/mol. The Morgan fingerprint density at radius 2 is 1.53 bits per heavy atom. The number of ketones is 1. The van der Waals surface area contributed by atoms with Crippen LogP contribution in [0.2, 0.25) is 0 Å². The standard InChI is InChI=1S/C25H16F5NO3/c1-13-12-15(4-11-19(13)27)22(32)20-21(14-2-7-17(26)8-3-14)31(24(34)23(20)33)18-9-5-16(6-10-18)25(28,29)30/h2-12,21,32H,1H3/b22-20-. The summed E-state index contributed by atoms with van der Waals surface area (Å²) in [5.74, 6) is -3.91. The van der Waals surface area contributed by atoms with Crippen LogP contribution >= 0.6 is 0 Å². The number of rotatable bonds is 3. The summed E-state index contributed by atoms with van der Waals surface area (Å²) < 4.78 is 66.3. The molecule has 1 atom stereocenters. The summed E-state index contributed by atoms with van der Waals surface area (Å²) in [7, 11) is 0. The second-order valence-electron chi connectivity index (χ2n) is 7.73. The molecular formula is C25H16F5NO3. The minimum atomic E-state index is -4.61. The molecule has 1 N–H and O–H groups in total. The summed E-state index contributed by atoms with van der Waals surface area (Å²) in [5, 5.41) is 11.0. The molecular weight excluding hydrogens is 457 g/mol. The number of amides is 1. The molecule has 1 saturated heterocycles. The number of anilines is 1. The maximum Gasteiger partial charge on any atom is 0.416 e. The monoisotopic (exact) mass is 473 g/mol. The highest BCUT2D eigenvalue weighted by Gasteiger charge is 2.47. The third kappa shape index (κ3) is 4.05. The Morgan fingerprint density at radius 1 is 0.912 bits per heavy atom. The second kappa shape index (κ2) is 8.40. The first-order chi connectivity index (χ1) is 16.0. The van der Waals surface area contributed by atoms with Crippen molar-refractivity contribution in [2.24, 2.45) is 0 Å². The molecule has 1 aliphatic rings. The van der Waals surface area contributed by atoms with Crippen LogP contribution in [0.4, 0.5) is 27.6 Å². The third-order valence-electron chi connectivity index (χ3n) is 5.53. The van der Waals surface area contributed by atoms with Crippen LogP contribution in [-0.2, 0) is 15.8 Å². The summed E-state index contributed by atoms with van der Waals surface area (Å²) in [5.41, 5.74) is -0.856. The van der Waals surface area contributed by atoms with Gasteiger partial charge in [-0.2, -0.15) is 13.2 Å². The second-order valence-corrected chi connectivity index (χ2v) is 7.73. The van der Waals surface area contributed by atoms with Crippen molar-refractivity contribution in [3.05, 3.63) is 106 Å². The number of hydrogen-bond donors (Lipinski definition) is 1. The number of halogens is 5. The zero-order valence-electron chi connectivity index (χ0n) is 17.5. The van der Waals surface area contributed by atoms with Crippen LogP contribution in [0.15, 0.2) is 72.3 Å². The van der Waals surface area contributed by atoms with Crippen molar-refractivity contribution in [1.29, 1.82) is 0 Å². The Kier molecular flexibility index (Phi) is 5.72. The van der Waals surface area contributed by atoms with Gasteiger partial charge in [-0.1, -0.05) is 12.1 Å². The van der Waals surface area contributed by atoms with Crippen molar-refractivity contribution >= 4 is 23.1 Å². The first kappa shape index (κ1) is 23.2. The van der Waals surface area contributed by atoms with Gasteiger partial charge in [0.15, 0.2) is 0 Å². The van der Waals surface area contributed by atoms with E-state index >= 15 is 0 Å². The first-order valence-corrected chi connectivity index (χ1v) is 9.99. The summed E-state index contributed by atoms with van der Waals surface area (Å²) >= 11 is 0. The van der Waals surface area contributed by atoms with E-state index in [0.29, 0.717) is 0 Å². The van der Waals surface area contributed by atoms with E-state index in [0.717, 1.165) is 47.4 Å². The Balaban J connectivity index is 1.91. The molecule has 0 aliphatic carbocycles. The average molecular weight is 473 g/mol. The summed E-state index contributed by atoms with van der Waals surface area (Å²) in [6.07, 6.45) is -4.61. The lowest BCUT2D eigenvalue weighted by molar-refractivity contribution is -0.137. The molecule has 1 heterocycles. The van der Waals surface area contributed by atoms with Crippen LogP contribution in [0.25, 0.3) is 5.76 Å².